The first-order valence-corrected chi connectivity index (χ1v) is 7.87. The molecule has 0 aromatic heterocycles. The SMILES string of the molecule is CC(C)(C)OCC(=O)O[Si](C)(C)C. The Balaban J connectivity index is 3.78. The Hall–Kier alpha value is -0.353. The first kappa shape index (κ1) is 12.6. The Morgan fingerprint density at radius 1 is 1.23 bits per heavy atom. The molecule has 0 saturated heterocycles. The molecule has 13 heavy (non-hydrogen) atoms. The molecule has 0 unspecified atom stereocenters. The third-order valence-corrected chi connectivity index (χ3v) is 1.88. The zero-order valence-corrected chi connectivity index (χ0v) is 10.4. The third-order valence-electron chi connectivity index (χ3n) is 1.04. The minimum absolute atomic E-state index is 0.0494. The summed E-state index contributed by atoms with van der Waals surface area (Å²) in [4.78, 5) is 11.2. The van der Waals surface area contributed by atoms with E-state index in [-0.39, 0.29) is 18.2 Å². The van der Waals surface area contributed by atoms with Gasteiger partial charge in [0, 0.05) is 0 Å². The topological polar surface area (TPSA) is 35.5 Å². The standard InChI is InChI=1S/C9H20O3Si/c1-9(2,3)11-7-8(10)12-13(4,5)6/h7H2,1-6H3. The fourth-order valence-electron chi connectivity index (χ4n) is 0.646. The maximum absolute atomic E-state index is 11.2. The number of carbonyl (C=O) groups is 1. The molecule has 0 N–H and O–H groups in total. The van der Waals surface area contributed by atoms with E-state index in [1.165, 1.54) is 0 Å². The summed E-state index contributed by atoms with van der Waals surface area (Å²) in [5.41, 5.74) is -0.279. The highest BCUT2D eigenvalue weighted by Crippen LogP contribution is 2.08. The van der Waals surface area contributed by atoms with E-state index in [0.29, 0.717) is 0 Å². The highest BCUT2D eigenvalue weighted by atomic mass is 28.4. The van der Waals surface area contributed by atoms with Crippen molar-refractivity contribution in [3.63, 3.8) is 0 Å². The number of hydrogen-bond acceptors (Lipinski definition) is 3. The van der Waals surface area contributed by atoms with Crippen molar-refractivity contribution < 1.29 is 14.0 Å². The van der Waals surface area contributed by atoms with Crippen molar-refractivity contribution in [2.45, 2.75) is 46.0 Å². The lowest BCUT2D eigenvalue weighted by molar-refractivity contribution is -0.145. The summed E-state index contributed by atoms with van der Waals surface area (Å²) >= 11 is 0. The second-order valence-corrected chi connectivity index (χ2v) is 9.42. The van der Waals surface area contributed by atoms with E-state index >= 15 is 0 Å². The van der Waals surface area contributed by atoms with Crippen LogP contribution >= 0.6 is 0 Å². The van der Waals surface area contributed by atoms with E-state index in [4.69, 9.17) is 9.16 Å². The number of hydrogen-bond donors (Lipinski definition) is 0. The second-order valence-electron chi connectivity index (χ2n) is 4.99. The van der Waals surface area contributed by atoms with Crippen molar-refractivity contribution in [2.24, 2.45) is 0 Å². The first-order chi connectivity index (χ1) is 5.60. The number of ether oxygens (including phenoxy) is 1. The van der Waals surface area contributed by atoms with Gasteiger partial charge in [-0.05, 0) is 40.4 Å². The molecule has 3 nitrogen and oxygen atoms in total. The van der Waals surface area contributed by atoms with E-state index < -0.39 is 8.32 Å². The van der Waals surface area contributed by atoms with Gasteiger partial charge >= 0.3 is 5.97 Å². The fraction of sp³-hybridized carbons (Fsp3) is 0.889. The highest BCUT2D eigenvalue weighted by molar-refractivity contribution is 6.71. The van der Waals surface area contributed by atoms with Crippen LogP contribution in [-0.2, 0) is 14.0 Å². The van der Waals surface area contributed by atoms with E-state index in [9.17, 15) is 4.79 Å². The van der Waals surface area contributed by atoms with Crippen molar-refractivity contribution in [2.75, 3.05) is 6.61 Å². The molecule has 0 saturated carbocycles. The largest absolute Gasteiger partial charge is 0.518 e. The molecule has 0 heterocycles. The van der Waals surface area contributed by atoms with Gasteiger partial charge in [0.1, 0.15) is 6.61 Å². The minimum atomic E-state index is -1.75. The van der Waals surface area contributed by atoms with Crippen LogP contribution in [0.15, 0.2) is 0 Å². The average Bonchev–Trinajstić information content (AvgIpc) is 1.78. The van der Waals surface area contributed by atoms with E-state index in [1.807, 2.05) is 40.4 Å². The molecule has 0 amide bonds. The molecule has 0 spiro atoms. The molecule has 0 atom stereocenters. The smallest absolute Gasteiger partial charge is 0.318 e. The zero-order valence-electron chi connectivity index (χ0n) is 9.43. The lowest BCUT2D eigenvalue weighted by Crippen LogP contribution is -2.33. The van der Waals surface area contributed by atoms with Gasteiger partial charge in [0.25, 0.3) is 0 Å². The summed E-state index contributed by atoms with van der Waals surface area (Å²) < 4.78 is 10.5. The van der Waals surface area contributed by atoms with Crippen LogP contribution in [0, 0.1) is 0 Å². The molecule has 0 aromatic carbocycles. The quantitative estimate of drug-likeness (QED) is 0.661. The van der Waals surface area contributed by atoms with Crippen molar-refractivity contribution >= 4 is 14.3 Å². The van der Waals surface area contributed by atoms with Gasteiger partial charge in [-0.2, -0.15) is 0 Å². The van der Waals surface area contributed by atoms with Crippen LogP contribution in [0.3, 0.4) is 0 Å². The fourth-order valence-corrected chi connectivity index (χ4v) is 1.39. The van der Waals surface area contributed by atoms with Gasteiger partial charge in [-0.15, -0.1) is 0 Å². The lowest BCUT2D eigenvalue weighted by atomic mass is 10.2. The summed E-state index contributed by atoms with van der Waals surface area (Å²) in [7, 11) is -1.75. The Bertz CT molecular complexity index is 176. The third kappa shape index (κ3) is 9.56. The summed E-state index contributed by atoms with van der Waals surface area (Å²) in [5.74, 6) is -0.255. The van der Waals surface area contributed by atoms with Crippen LogP contribution < -0.4 is 0 Å². The van der Waals surface area contributed by atoms with Gasteiger partial charge in [-0.25, -0.2) is 0 Å². The summed E-state index contributed by atoms with van der Waals surface area (Å²) in [6.07, 6.45) is 0. The van der Waals surface area contributed by atoms with E-state index in [0.717, 1.165) is 0 Å². The average molecular weight is 204 g/mol. The summed E-state index contributed by atoms with van der Waals surface area (Å²) in [5, 5.41) is 0. The molecular weight excluding hydrogens is 184 g/mol. The van der Waals surface area contributed by atoms with Crippen molar-refractivity contribution in [3.8, 4) is 0 Å². The monoisotopic (exact) mass is 204 g/mol. The second kappa shape index (κ2) is 4.24. The Labute approximate surface area is 81.6 Å². The van der Waals surface area contributed by atoms with E-state index in [1.54, 1.807) is 0 Å². The molecule has 4 heteroatoms. The maximum atomic E-state index is 11.2. The predicted octanol–water partition coefficient (Wildman–Crippen LogP) is 2.18. The van der Waals surface area contributed by atoms with Gasteiger partial charge in [0.15, 0.2) is 0 Å². The molecular formula is C9H20O3Si. The Morgan fingerprint density at radius 3 is 2.00 bits per heavy atom. The molecule has 78 valence electrons. The highest BCUT2D eigenvalue weighted by Gasteiger charge is 2.21. The van der Waals surface area contributed by atoms with Crippen molar-refractivity contribution in [3.05, 3.63) is 0 Å². The van der Waals surface area contributed by atoms with Crippen molar-refractivity contribution in [1.82, 2.24) is 0 Å². The predicted molar refractivity (Wildman–Crippen MR) is 55.1 cm³/mol. The van der Waals surface area contributed by atoms with Crippen LogP contribution in [0.2, 0.25) is 19.6 Å². The minimum Gasteiger partial charge on any atom is -0.518 e. The molecule has 0 aliphatic rings. The molecule has 0 aliphatic heterocycles. The summed E-state index contributed by atoms with van der Waals surface area (Å²) in [6, 6.07) is 0. The van der Waals surface area contributed by atoms with Gasteiger partial charge in [-0.1, -0.05) is 0 Å². The molecule has 0 radical (unpaired) electrons. The van der Waals surface area contributed by atoms with Crippen LogP contribution in [0.5, 0.6) is 0 Å². The van der Waals surface area contributed by atoms with Gasteiger partial charge in [-0.3, -0.25) is 4.79 Å². The van der Waals surface area contributed by atoms with Gasteiger partial charge < -0.3 is 9.16 Å². The van der Waals surface area contributed by atoms with Gasteiger partial charge in [0.05, 0.1) is 5.60 Å². The van der Waals surface area contributed by atoms with Crippen LogP contribution in [0.25, 0.3) is 0 Å². The molecule has 0 fully saturated rings. The Morgan fingerprint density at radius 2 is 1.69 bits per heavy atom. The van der Waals surface area contributed by atoms with E-state index in [2.05, 4.69) is 0 Å². The maximum Gasteiger partial charge on any atom is 0.318 e. The Kier molecular flexibility index (Phi) is 4.12. The van der Waals surface area contributed by atoms with Crippen molar-refractivity contribution in [1.29, 1.82) is 0 Å². The molecule has 0 aliphatic carbocycles. The van der Waals surface area contributed by atoms with Crippen LogP contribution in [0.1, 0.15) is 20.8 Å². The normalized spacial score (nSPS) is 12.8. The zero-order chi connectivity index (χ0) is 10.7. The van der Waals surface area contributed by atoms with Crippen LogP contribution in [0.4, 0.5) is 0 Å². The molecule has 0 aromatic rings. The summed E-state index contributed by atoms with van der Waals surface area (Å²) in [6.45, 7) is 11.7. The number of rotatable bonds is 3. The van der Waals surface area contributed by atoms with Gasteiger partial charge in [0.2, 0.25) is 8.32 Å². The molecule has 0 bridgehead atoms. The number of carbonyl (C=O) groups excluding carboxylic acids is 1. The van der Waals surface area contributed by atoms with Crippen LogP contribution in [-0.4, -0.2) is 26.5 Å². The first-order valence-electron chi connectivity index (χ1n) is 4.46. The molecule has 0 rings (SSSR count). The lowest BCUT2D eigenvalue weighted by Gasteiger charge is -2.21.